The molecule has 2 N–H and O–H groups in total. The number of nitrogens with zero attached hydrogens (tertiary/aromatic N) is 1. The Bertz CT molecular complexity index is 810. The van der Waals surface area contributed by atoms with Gasteiger partial charge in [0.1, 0.15) is 11.8 Å². The number of carbonyl (C=O) groups excluding carboxylic acids is 2. The lowest BCUT2D eigenvalue weighted by Gasteiger charge is -2.21. The predicted octanol–water partition coefficient (Wildman–Crippen LogP) is 0.0605. The van der Waals surface area contributed by atoms with Gasteiger partial charge in [0.05, 0.1) is 18.4 Å². The molecule has 1 heterocycles. The third kappa shape index (κ3) is 6.22. The fourth-order valence-electron chi connectivity index (χ4n) is 2.92. The van der Waals surface area contributed by atoms with Gasteiger partial charge in [0.2, 0.25) is 11.8 Å². The number of carboxylic acids is 1. The van der Waals surface area contributed by atoms with E-state index in [1.807, 2.05) is 18.2 Å². The monoisotopic (exact) mass is 412 g/mol. The molecule has 0 aliphatic carbocycles. The maximum absolute atomic E-state index is 12.3. The van der Waals surface area contributed by atoms with Crippen molar-refractivity contribution in [2.75, 3.05) is 26.0 Å². The molecule has 2 amide bonds. The van der Waals surface area contributed by atoms with Crippen molar-refractivity contribution in [3.05, 3.63) is 30.3 Å². The van der Waals surface area contributed by atoms with Crippen molar-refractivity contribution < 1.29 is 32.6 Å². The van der Waals surface area contributed by atoms with Crippen molar-refractivity contribution in [1.29, 1.82) is 0 Å². The van der Waals surface area contributed by atoms with Crippen LogP contribution in [0.25, 0.3) is 0 Å². The van der Waals surface area contributed by atoms with Crippen LogP contribution in [0, 0.1) is 0 Å². The number of amides is 2. The molecule has 1 aromatic carbocycles. The summed E-state index contributed by atoms with van der Waals surface area (Å²) >= 11 is 0. The number of hydrogen-bond acceptors (Lipinski definition) is 6. The molecule has 1 aromatic rings. The molecule has 0 saturated carbocycles. The molecule has 0 radical (unpaired) electrons. The third-order valence-electron chi connectivity index (χ3n) is 4.47. The summed E-state index contributed by atoms with van der Waals surface area (Å²) in [5.74, 6) is -1.54. The summed E-state index contributed by atoms with van der Waals surface area (Å²) in [5, 5.41) is 10.8. The second kappa shape index (κ2) is 9.54. The van der Waals surface area contributed by atoms with E-state index in [-0.39, 0.29) is 31.8 Å². The highest BCUT2D eigenvalue weighted by Gasteiger charge is 2.43. The van der Waals surface area contributed by atoms with Crippen LogP contribution in [-0.2, 0) is 24.2 Å². The highest BCUT2D eigenvalue weighted by molar-refractivity contribution is 7.91. The first-order valence-electron chi connectivity index (χ1n) is 8.84. The molecule has 2 atom stereocenters. The van der Waals surface area contributed by atoms with Gasteiger partial charge in [0, 0.05) is 19.2 Å². The quantitative estimate of drug-likeness (QED) is 0.549. The Morgan fingerprint density at radius 1 is 1.25 bits per heavy atom. The fourth-order valence-corrected chi connectivity index (χ4v) is 3.88. The Hall–Kier alpha value is -2.62. The number of rotatable bonds is 9. The van der Waals surface area contributed by atoms with Crippen molar-refractivity contribution in [3.63, 3.8) is 0 Å². The van der Waals surface area contributed by atoms with Gasteiger partial charge in [-0.25, -0.2) is 13.2 Å². The van der Waals surface area contributed by atoms with Crippen molar-refractivity contribution >= 4 is 27.6 Å². The number of para-hydroxylation sites is 1. The van der Waals surface area contributed by atoms with Gasteiger partial charge in [-0.05, 0) is 25.0 Å². The molecule has 1 saturated heterocycles. The van der Waals surface area contributed by atoms with Gasteiger partial charge in [-0.3, -0.25) is 9.59 Å². The highest BCUT2D eigenvalue weighted by atomic mass is 32.2. The van der Waals surface area contributed by atoms with Crippen molar-refractivity contribution in [2.24, 2.45) is 0 Å². The van der Waals surface area contributed by atoms with Crippen LogP contribution < -0.4 is 10.1 Å². The highest BCUT2D eigenvalue weighted by Crippen LogP contribution is 2.23. The summed E-state index contributed by atoms with van der Waals surface area (Å²) in [6.07, 6.45) is 1.47. The molecule has 1 aliphatic heterocycles. The Morgan fingerprint density at radius 2 is 1.93 bits per heavy atom. The zero-order chi connectivity index (χ0) is 20.7. The van der Waals surface area contributed by atoms with E-state index >= 15 is 0 Å². The number of likely N-dealkylation sites (tertiary alicyclic amines) is 1. The normalized spacial score (nSPS) is 19.2. The van der Waals surface area contributed by atoms with E-state index in [4.69, 9.17) is 4.74 Å². The molecule has 1 aliphatic rings. The van der Waals surface area contributed by atoms with Crippen molar-refractivity contribution in [1.82, 2.24) is 10.2 Å². The number of aliphatic carboxylic acids is 1. The van der Waals surface area contributed by atoms with Crippen LogP contribution in [-0.4, -0.2) is 73.5 Å². The molecule has 1 fully saturated rings. The lowest BCUT2D eigenvalue weighted by atomic mass is 10.2. The maximum Gasteiger partial charge on any atom is 0.326 e. The minimum absolute atomic E-state index is 0.147. The molecular weight excluding hydrogens is 388 g/mol. The lowest BCUT2D eigenvalue weighted by molar-refractivity contribution is -0.148. The standard InChI is InChI=1S/C18H24N2O7S/c1-28(25,26)14-10-15(18(23)24)20(12-14)17(22)11-19-16(21)8-5-9-27-13-6-3-2-4-7-13/h2-4,6-7,14-15H,5,8-12H2,1H3,(H,19,21)(H,23,24). The number of sulfone groups is 1. The van der Waals surface area contributed by atoms with E-state index < -0.39 is 33.0 Å². The third-order valence-corrected chi connectivity index (χ3v) is 6.02. The Balaban J connectivity index is 1.75. The van der Waals surface area contributed by atoms with E-state index in [0.29, 0.717) is 18.8 Å². The number of carboxylic acid groups (broad SMARTS) is 1. The molecule has 10 heteroatoms. The van der Waals surface area contributed by atoms with Gasteiger partial charge in [-0.1, -0.05) is 18.2 Å². The summed E-state index contributed by atoms with van der Waals surface area (Å²) in [5.41, 5.74) is 0. The minimum Gasteiger partial charge on any atom is -0.494 e. The summed E-state index contributed by atoms with van der Waals surface area (Å²) in [7, 11) is -3.46. The van der Waals surface area contributed by atoms with E-state index in [0.717, 1.165) is 11.2 Å². The summed E-state index contributed by atoms with van der Waals surface area (Å²) in [6.45, 7) is -0.220. The molecule has 0 bridgehead atoms. The summed E-state index contributed by atoms with van der Waals surface area (Å²) < 4.78 is 28.8. The van der Waals surface area contributed by atoms with E-state index in [1.54, 1.807) is 12.1 Å². The van der Waals surface area contributed by atoms with Gasteiger partial charge < -0.3 is 20.1 Å². The predicted molar refractivity (Wildman–Crippen MR) is 101 cm³/mol. The van der Waals surface area contributed by atoms with Gasteiger partial charge in [0.25, 0.3) is 0 Å². The van der Waals surface area contributed by atoms with Crippen molar-refractivity contribution in [3.8, 4) is 5.75 Å². The zero-order valence-corrected chi connectivity index (χ0v) is 16.4. The molecule has 9 nitrogen and oxygen atoms in total. The van der Waals surface area contributed by atoms with Gasteiger partial charge in [0.15, 0.2) is 9.84 Å². The minimum atomic E-state index is -3.46. The van der Waals surface area contributed by atoms with Gasteiger partial charge in [-0.2, -0.15) is 0 Å². The molecule has 2 unspecified atom stereocenters. The smallest absolute Gasteiger partial charge is 0.326 e. The second-order valence-electron chi connectivity index (χ2n) is 6.63. The van der Waals surface area contributed by atoms with Crippen LogP contribution in [0.1, 0.15) is 19.3 Å². The second-order valence-corrected chi connectivity index (χ2v) is 8.95. The van der Waals surface area contributed by atoms with Crippen LogP contribution in [0.3, 0.4) is 0 Å². The number of benzene rings is 1. The Morgan fingerprint density at radius 3 is 2.54 bits per heavy atom. The molecular formula is C18H24N2O7S. The maximum atomic E-state index is 12.3. The number of hydrogen-bond donors (Lipinski definition) is 2. The SMILES string of the molecule is CS(=O)(=O)C1CC(C(=O)O)N(C(=O)CNC(=O)CCCOc2ccccc2)C1. The lowest BCUT2D eigenvalue weighted by Crippen LogP contribution is -2.45. The van der Waals surface area contributed by atoms with Crippen LogP contribution in [0.5, 0.6) is 5.75 Å². The first-order valence-corrected chi connectivity index (χ1v) is 10.8. The Labute approximate surface area is 163 Å². The molecule has 0 spiro atoms. The molecule has 0 aromatic heterocycles. The van der Waals surface area contributed by atoms with E-state index in [9.17, 15) is 27.9 Å². The summed E-state index contributed by atoms with van der Waals surface area (Å²) in [6, 6.07) is 7.94. The molecule has 28 heavy (non-hydrogen) atoms. The number of carbonyl (C=O) groups is 3. The van der Waals surface area contributed by atoms with Crippen LogP contribution in [0.2, 0.25) is 0 Å². The largest absolute Gasteiger partial charge is 0.494 e. The van der Waals surface area contributed by atoms with E-state index in [1.165, 1.54) is 0 Å². The molecule has 2 rings (SSSR count). The van der Waals surface area contributed by atoms with Gasteiger partial charge in [-0.15, -0.1) is 0 Å². The first kappa shape index (κ1) is 21.7. The topological polar surface area (TPSA) is 130 Å². The van der Waals surface area contributed by atoms with Crippen LogP contribution in [0.15, 0.2) is 30.3 Å². The Kier molecular flexibility index (Phi) is 7.38. The van der Waals surface area contributed by atoms with Crippen molar-refractivity contribution in [2.45, 2.75) is 30.6 Å². The first-order chi connectivity index (χ1) is 13.2. The van der Waals surface area contributed by atoms with Crippen LogP contribution in [0.4, 0.5) is 0 Å². The van der Waals surface area contributed by atoms with Crippen LogP contribution >= 0.6 is 0 Å². The fraction of sp³-hybridized carbons (Fsp3) is 0.500. The average molecular weight is 412 g/mol. The zero-order valence-electron chi connectivity index (χ0n) is 15.5. The number of ether oxygens (including phenoxy) is 1. The molecule has 154 valence electrons. The summed E-state index contributed by atoms with van der Waals surface area (Å²) in [4.78, 5) is 36.5. The number of nitrogens with one attached hydrogen (secondary N) is 1. The van der Waals surface area contributed by atoms with E-state index in [2.05, 4.69) is 5.32 Å². The average Bonchev–Trinajstić information content (AvgIpc) is 3.10. The van der Waals surface area contributed by atoms with Gasteiger partial charge >= 0.3 is 5.97 Å².